The van der Waals surface area contributed by atoms with E-state index in [9.17, 15) is 26.3 Å². The van der Waals surface area contributed by atoms with Crippen molar-refractivity contribution in [1.29, 1.82) is 0 Å². The molecule has 4 rings (SSSR count). The van der Waals surface area contributed by atoms with Crippen LogP contribution in [0.2, 0.25) is 5.02 Å². The van der Waals surface area contributed by atoms with E-state index in [4.69, 9.17) is 16.3 Å². The van der Waals surface area contributed by atoms with E-state index in [2.05, 4.69) is 24.8 Å². The number of halogens is 7. The Morgan fingerprint density at radius 3 is 2.26 bits per heavy atom. The number of H-pyrrole nitrogens is 1. The number of rotatable bonds is 5. The van der Waals surface area contributed by atoms with Gasteiger partial charge in [-0.05, 0) is 18.2 Å². The quantitative estimate of drug-likeness (QED) is 0.229. The molecule has 1 aromatic carbocycles. The first kappa shape index (κ1) is 30.1. The number of aromatic nitrogens is 5. The number of nitrogens with one attached hydrogen (secondary N) is 1. The summed E-state index contributed by atoms with van der Waals surface area (Å²) in [4.78, 5) is 11.4. The van der Waals surface area contributed by atoms with E-state index < -0.39 is 36.2 Å². The van der Waals surface area contributed by atoms with E-state index in [-0.39, 0.29) is 62.7 Å². The van der Waals surface area contributed by atoms with Crippen LogP contribution in [0.5, 0.6) is 11.6 Å². The number of para-hydroxylation sites is 1. The first-order valence-corrected chi connectivity index (χ1v) is 11.1. The third kappa shape index (κ3) is 6.56. The van der Waals surface area contributed by atoms with Crippen molar-refractivity contribution in [2.75, 3.05) is 6.61 Å². The Kier molecular flexibility index (Phi) is 8.38. The van der Waals surface area contributed by atoms with Crippen molar-refractivity contribution in [1.82, 2.24) is 24.7 Å². The van der Waals surface area contributed by atoms with Crippen LogP contribution in [0.1, 0.15) is 26.5 Å². The number of fused-ring (bicyclic) bond motifs is 1. The summed E-state index contributed by atoms with van der Waals surface area (Å²) in [7, 11) is 1.62. The van der Waals surface area contributed by atoms with Gasteiger partial charge in [0.1, 0.15) is 17.0 Å². The molecule has 38 heavy (non-hydrogen) atoms. The van der Waals surface area contributed by atoms with E-state index in [0.717, 1.165) is 6.07 Å². The summed E-state index contributed by atoms with van der Waals surface area (Å²) in [6.45, 7) is 4.03. The molecule has 4 aromatic rings. The van der Waals surface area contributed by atoms with Crippen molar-refractivity contribution in [2.45, 2.75) is 38.7 Å². The number of aryl methyl sites for hydroxylation is 1. The topological polar surface area (TPSA) is 77.8 Å². The predicted octanol–water partition coefficient (Wildman–Crippen LogP) is 6.17. The number of alkyl halides is 6. The van der Waals surface area contributed by atoms with Crippen LogP contribution in [0.3, 0.4) is 0 Å². The maximum atomic E-state index is 13.0. The molecule has 0 saturated carbocycles. The minimum atomic E-state index is -5.00. The number of benzene rings is 1. The maximum absolute atomic E-state index is 13.0. The van der Waals surface area contributed by atoms with Crippen LogP contribution >= 0.6 is 11.6 Å². The van der Waals surface area contributed by atoms with Gasteiger partial charge in [-0.1, -0.05) is 44.5 Å². The normalized spacial score (nSPS) is 12.5. The summed E-state index contributed by atoms with van der Waals surface area (Å²) in [5.74, 6) is -0.954. The monoisotopic (exact) mass is 571 g/mol. The molecule has 0 aliphatic carbocycles. The van der Waals surface area contributed by atoms with Crippen LogP contribution in [-0.4, -0.2) is 73.4 Å². The summed E-state index contributed by atoms with van der Waals surface area (Å²) in [6, 6.07) is 6.39. The molecule has 200 valence electrons. The van der Waals surface area contributed by atoms with Gasteiger partial charge >= 0.3 is 42.1 Å². The molecule has 0 unspecified atom stereocenters. The first-order chi connectivity index (χ1) is 17.0. The van der Waals surface area contributed by atoms with Crippen molar-refractivity contribution in [3.05, 3.63) is 41.0 Å². The van der Waals surface area contributed by atoms with E-state index in [0.29, 0.717) is 11.4 Å². The summed E-state index contributed by atoms with van der Waals surface area (Å²) in [5, 5.41) is 4.72. The molecule has 0 aliphatic heterocycles. The molecule has 0 spiro atoms. The summed E-state index contributed by atoms with van der Waals surface area (Å²) < 4.78 is 88.2. The SMILES string of the molecule is Cn1nc(C(C)(C)C)c(Cl)c1-c1nc2cc(-c3ccccc3OC(F)(F)F)nc(OCC(F)(F)F)c2[nH]1.[NaH]. The molecule has 0 fully saturated rings. The summed E-state index contributed by atoms with van der Waals surface area (Å²) in [6.07, 6.45) is -9.70. The summed E-state index contributed by atoms with van der Waals surface area (Å²) >= 11 is 6.58. The standard InChI is InChI=1S/C23H20ClF6N5O2.Na.H/c1-21(2,3)18-15(24)17(35(4)34-18)19-31-13-9-12(11-7-5-6-8-14(11)37-23(28,29)30)32-20(16(13)33-19)36-10-22(25,26)27;;/h5-9H,10H2,1-4H3,(H,31,33);;. The molecule has 7 nitrogen and oxygen atoms in total. The van der Waals surface area contributed by atoms with Gasteiger partial charge in [0.25, 0.3) is 0 Å². The van der Waals surface area contributed by atoms with Gasteiger partial charge in [0.05, 0.1) is 21.9 Å². The second kappa shape index (κ2) is 10.6. The predicted molar refractivity (Wildman–Crippen MR) is 131 cm³/mol. The number of imidazole rings is 1. The number of hydrogen-bond acceptors (Lipinski definition) is 5. The van der Waals surface area contributed by atoms with Crippen LogP contribution in [0.15, 0.2) is 30.3 Å². The Balaban J connectivity index is 0.00000400. The van der Waals surface area contributed by atoms with Gasteiger partial charge in [-0.3, -0.25) is 4.68 Å². The number of ether oxygens (including phenoxy) is 2. The van der Waals surface area contributed by atoms with Crippen molar-refractivity contribution in [2.24, 2.45) is 7.05 Å². The van der Waals surface area contributed by atoms with Gasteiger partial charge in [0, 0.05) is 18.0 Å². The van der Waals surface area contributed by atoms with E-state index in [1.165, 1.54) is 28.9 Å². The van der Waals surface area contributed by atoms with Crippen molar-refractivity contribution < 1.29 is 35.8 Å². The number of aromatic amines is 1. The summed E-state index contributed by atoms with van der Waals surface area (Å²) in [5.41, 5.74) is 0.299. The van der Waals surface area contributed by atoms with Crippen LogP contribution in [0, 0.1) is 0 Å². The Morgan fingerprint density at radius 1 is 1.03 bits per heavy atom. The number of nitrogens with zero attached hydrogens (tertiary/aromatic N) is 4. The molecule has 3 heterocycles. The zero-order valence-corrected chi connectivity index (χ0v) is 20.6. The third-order valence-electron chi connectivity index (χ3n) is 5.13. The second-order valence-corrected chi connectivity index (χ2v) is 9.50. The molecule has 0 atom stereocenters. The molecular formula is C23H21ClF6N5NaO2. The number of hydrogen-bond donors (Lipinski definition) is 1. The van der Waals surface area contributed by atoms with Gasteiger partial charge in [-0.25, -0.2) is 9.97 Å². The fourth-order valence-corrected chi connectivity index (χ4v) is 4.15. The van der Waals surface area contributed by atoms with Crippen LogP contribution in [0.4, 0.5) is 26.3 Å². The minimum absolute atomic E-state index is 0. The fourth-order valence-electron chi connectivity index (χ4n) is 3.61. The van der Waals surface area contributed by atoms with Crippen LogP contribution in [0.25, 0.3) is 33.8 Å². The Morgan fingerprint density at radius 2 is 1.68 bits per heavy atom. The molecule has 3 aromatic heterocycles. The van der Waals surface area contributed by atoms with Gasteiger partial charge in [-0.15, -0.1) is 13.2 Å². The van der Waals surface area contributed by atoms with Gasteiger partial charge in [0.2, 0.25) is 5.88 Å². The van der Waals surface area contributed by atoms with Crippen LogP contribution < -0.4 is 9.47 Å². The molecule has 0 bridgehead atoms. The Labute approximate surface area is 239 Å². The van der Waals surface area contributed by atoms with Gasteiger partial charge < -0.3 is 14.5 Å². The third-order valence-corrected chi connectivity index (χ3v) is 5.48. The fraction of sp³-hybridized carbons (Fsp3) is 0.348. The second-order valence-electron chi connectivity index (χ2n) is 9.12. The first-order valence-electron chi connectivity index (χ1n) is 10.7. The Bertz CT molecular complexity index is 1460. The number of pyridine rings is 1. The van der Waals surface area contributed by atoms with Crippen molar-refractivity contribution in [3.63, 3.8) is 0 Å². The van der Waals surface area contributed by atoms with Crippen molar-refractivity contribution in [3.8, 4) is 34.4 Å². The van der Waals surface area contributed by atoms with E-state index in [1.807, 2.05) is 20.8 Å². The Hall–Kier alpha value is -2.48. The van der Waals surface area contributed by atoms with E-state index >= 15 is 0 Å². The molecule has 0 saturated heterocycles. The van der Waals surface area contributed by atoms with Crippen molar-refractivity contribution >= 4 is 52.2 Å². The van der Waals surface area contributed by atoms with E-state index in [1.54, 1.807) is 7.05 Å². The zero-order chi connectivity index (χ0) is 27.3. The zero-order valence-electron chi connectivity index (χ0n) is 19.8. The molecular weight excluding hydrogens is 551 g/mol. The molecule has 1 N–H and O–H groups in total. The molecule has 0 aliphatic rings. The van der Waals surface area contributed by atoms with Gasteiger partial charge in [-0.2, -0.15) is 18.3 Å². The van der Waals surface area contributed by atoms with Gasteiger partial charge in [0.15, 0.2) is 12.4 Å². The molecule has 0 radical (unpaired) electrons. The molecule has 15 heteroatoms. The average Bonchev–Trinajstić information content (AvgIpc) is 3.30. The average molecular weight is 572 g/mol. The van der Waals surface area contributed by atoms with Crippen LogP contribution in [-0.2, 0) is 12.5 Å². The molecule has 0 amide bonds.